The maximum absolute atomic E-state index is 10.9. The number of aromatic nitrogens is 1. The number of nitrogens with two attached hydrogens (primary N) is 1. The molecule has 0 fully saturated rings. The van der Waals surface area contributed by atoms with Crippen molar-refractivity contribution in [2.45, 2.75) is 19.9 Å². The van der Waals surface area contributed by atoms with Crippen molar-refractivity contribution in [1.82, 2.24) is 4.98 Å². The van der Waals surface area contributed by atoms with Gasteiger partial charge in [-0.15, -0.1) is 0 Å². The lowest BCUT2D eigenvalue weighted by molar-refractivity contribution is -0.116. The van der Waals surface area contributed by atoms with Gasteiger partial charge in [0.15, 0.2) is 0 Å². The van der Waals surface area contributed by atoms with Crippen LogP contribution in [0.2, 0.25) is 0 Å². The van der Waals surface area contributed by atoms with E-state index in [4.69, 9.17) is 5.73 Å². The normalized spacial score (nSPS) is 10.4. The first kappa shape index (κ1) is 12.0. The zero-order valence-corrected chi connectivity index (χ0v) is 10.4. The van der Waals surface area contributed by atoms with Gasteiger partial charge in [-0.2, -0.15) is 0 Å². The summed E-state index contributed by atoms with van der Waals surface area (Å²) in [4.78, 5) is 16.9. The van der Waals surface area contributed by atoms with Crippen LogP contribution >= 0.6 is 15.9 Å². The van der Waals surface area contributed by atoms with Crippen molar-refractivity contribution < 1.29 is 4.79 Å². The predicted molar refractivity (Wildman–Crippen MR) is 63.6 cm³/mol. The van der Waals surface area contributed by atoms with Gasteiger partial charge < -0.3 is 10.6 Å². The Kier molecular flexibility index (Phi) is 4.08. The zero-order chi connectivity index (χ0) is 11.4. The first-order valence-corrected chi connectivity index (χ1v) is 5.45. The fourth-order valence-electron chi connectivity index (χ4n) is 1.30. The molecular weight excluding hydrogens is 258 g/mol. The van der Waals surface area contributed by atoms with Crippen LogP contribution in [0, 0.1) is 0 Å². The lowest BCUT2D eigenvalue weighted by atomic mass is 10.2. The maximum atomic E-state index is 10.9. The van der Waals surface area contributed by atoms with E-state index in [-0.39, 0.29) is 18.5 Å². The largest absolute Gasteiger partial charge is 0.368 e. The molecule has 1 heterocycles. The van der Waals surface area contributed by atoms with Crippen LogP contribution in [0.3, 0.4) is 0 Å². The molecule has 1 aromatic heterocycles. The molecule has 0 saturated carbocycles. The maximum Gasteiger partial charge on any atom is 0.236 e. The molecule has 1 rings (SSSR count). The SMILES string of the molecule is CC(C)N(CC(N)=O)c1cncc(Br)c1. The average molecular weight is 272 g/mol. The second-order valence-electron chi connectivity index (χ2n) is 3.55. The minimum absolute atomic E-state index is 0.202. The summed E-state index contributed by atoms with van der Waals surface area (Å²) in [5.41, 5.74) is 6.08. The monoisotopic (exact) mass is 271 g/mol. The van der Waals surface area contributed by atoms with Crippen LogP contribution in [0.1, 0.15) is 13.8 Å². The summed E-state index contributed by atoms with van der Waals surface area (Å²) < 4.78 is 0.884. The van der Waals surface area contributed by atoms with Gasteiger partial charge in [-0.05, 0) is 35.8 Å². The number of rotatable bonds is 4. The molecule has 0 aliphatic rings. The van der Waals surface area contributed by atoms with Gasteiger partial charge in [-0.1, -0.05) is 0 Å². The minimum atomic E-state index is -0.344. The van der Waals surface area contributed by atoms with E-state index in [1.54, 1.807) is 12.4 Å². The number of anilines is 1. The topological polar surface area (TPSA) is 59.2 Å². The molecule has 0 atom stereocenters. The Balaban J connectivity index is 2.93. The average Bonchev–Trinajstić information content (AvgIpc) is 2.13. The number of carbonyl (C=O) groups excluding carboxylic acids is 1. The number of halogens is 1. The lowest BCUT2D eigenvalue weighted by Gasteiger charge is -2.27. The van der Waals surface area contributed by atoms with Crippen LogP contribution in [0.4, 0.5) is 5.69 Å². The Morgan fingerprint density at radius 1 is 1.60 bits per heavy atom. The van der Waals surface area contributed by atoms with Crippen molar-refractivity contribution in [2.24, 2.45) is 5.73 Å². The van der Waals surface area contributed by atoms with Crippen molar-refractivity contribution in [3.63, 3.8) is 0 Å². The highest BCUT2D eigenvalue weighted by atomic mass is 79.9. The lowest BCUT2D eigenvalue weighted by Crippen LogP contribution is -2.38. The molecule has 0 bridgehead atoms. The van der Waals surface area contributed by atoms with Crippen molar-refractivity contribution in [2.75, 3.05) is 11.4 Å². The Morgan fingerprint density at radius 3 is 2.73 bits per heavy atom. The highest BCUT2D eigenvalue weighted by Crippen LogP contribution is 2.19. The van der Waals surface area contributed by atoms with Crippen LogP contribution in [0.5, 0.6) is 0 Å². The van der Waals surface area contributed by atoms with Crippen molar-refractivity contribution in [1.29, 1.82) is 0 Å². The van der Waals surface area contributed by atoms with E-state index in [9.17, 15) is 4.79 Å². The molecule has 0 aliphatic carbocycles. The van der Waals surface area contributed by atoms with Crippen LogP contribution < -0.4 is 10.6 Å². The van der Waals surface area contributed by atoms with Crippen molar-refractivity contribution in [3.05, 3.63) is 22.9 Å². The molecule has 2 N–H and O–H groups in total. The second kappa shape index (κ2) is 5.11. The van der Waals surface area contributed by atoms with Crippen molar-refractivity contribution in [3.8, 4) is 0 Å². The molecule has 0 aromatic carbocycles. The van der Waals surface area contributed by atoms with Crippen LogP contribution in [0.15, 0.2) is 22.9 Å². The summed E-state index contributed by atoms with van der Waals surface area (Å²) in [6.45, 7) is 4.21. The van der Waals surface area contributed by atoms with E-state index in [0.29, 0.717) is 0 Å². The third-order valence-corrected chi connectivity index (χ3v) is 2.41. The summed E-state index contributed by atoms with van der Waals surface area (Å²) >= 11 is 3.34. The molecule has 0 unspecified atom stereocenters. The molecule has 0 spiro atoms. The quantitative estimate of drug-likeness (QED) is 0.904. The molecule has 0 aliphatic heterocycles. The third-order valence-electron chi connectivity index (χ3n) is 1.97. The third kappa shape index (κ3) is 3.51. The molecule has 4 nitrogen and oxygen atoms in total. The van der Waals surface area contributed by atoms with Gasteiger partial charge in [-0.25, -0.2) is 0 Å². The van der Waals surface area contributed by atoms with Crippen LogP contribution in [0.25, 0.3) is 0 Å². The van der Waals surface area contributed by atoms with Gasteiger partial charge in [-0.3, -0.25) is 9.78 Å². The van der Waals surface area contributed by atoms with E-state index in [2.05, 4.69) is 20.9 Å². The Hall–Kier alpha value is -1.10. The molecule has 5 heteroatoms. The molecule has 0 saturated heterocycles. The summed E-state index contributed by atoms with van der Waals surface area (Å²) in [5, 5.41) is 0. The van der Waals surface area contributed by atoms with Gasteiger partial charge in [0.05, 0.1) is 18.4 Å². The minimum Gasteiger partial charge on any atom is -0.368 e. The molecule has 1 aromatic rings. The smallest absolute Gasteiger partial charge is 0.236 e. The number of nitrogens with zero attached hydrogens (tertiary/aromatic N) is 2. The molecule has 1 amide bonds. The number of amides is 1. The fraction of sp³-hybridized carbons (Fsp3) is 0.400. The van der Waals surface area contributed by atoms with E-state index in [1.807, 2.05) is 24.8 Å². The Morgan fingerprint density at radius 2 is 2.27 bits per heavy atom. The number of pyridine rings is 1. The van der Waals surface area contributed by atoms with Gasteiger partial charge in [0, 0.05) is 16.7 Å². The van der Waals surface area contributed by atoms with E-state index in [1.165, 1.54) is 0 Å². The first-order valence-electron chi connectivity index (χ1n) is 4.66. The summed E-state index contributed by atoms with van der Waals surface area (Å²) in [7, 11) is 0. The second-order valence-corrected chi connectivity index (χ2v) is 4.46. The molecular formula is C10H14BrN3O. The summed E-state index contributed by atoms with van der Waals surface area (Å²) in [6, 6.07) is 2.12. The molecule has 15 heavy (non-hydrogen) atoms. The highest BCUT2D eigenvalue weighted by Gasteiger charge is 2.13. The standard InChI is InChI=1S/C10H14BrN3O/c1-7(2)14(6-10(12)15)9-3-8(11)4-13-5-9/h3-5,7H,6H2,1-2H3,(H2,12,15). The van der Waals surface area contributed by atoms with Crippen molar-refractivity contribution >= 4 is 27.5 Å². The predicted octanol–water partition coefficient (Wildman–Crippen LogP) is 1.54. The number of carbonyl (C=O) groups is 1. The Bertz CT molecular complexity index is 354. The van der Waals surface area contributed by atoms with Gasteiger partial charge in [0.1, 0.15) is 0 Å². The number of primary amides is 1. The summed E-state index contributed by atoms with van der Waals surface area (Å²) in [6.07, 6.45) is 3.42. The van der Waals surface area contributed by atoms with Crippen LogP contribution in [-0.4, -0.2) is 23.5 Å². The first-order chi connectivity index (χ1) is 7.00. The number of hydrogen-bond acceptors (Lipinski definition) is 3. The molecule has 82 valence electrons. The van der Waals surface area contributed by atoms with E-state index in [0.717, 1.165) is 10.2 Å². The Labute approximate surface area is 97.6 Å². The number of hydrogen-bond donors (Lipinski definition) is 1. The highest BCUT2D eigenvalue weighted by molar-refractivity contribution is 9.10. The van der Waals surface area contributed by atoms with Gasteiger partial charge in [0.25, 0.3) is 0 Å². The van der Waals surface area contributed by atoms with E-state index >= 15 is 0 Å². The fourth-order valence-corrected chi connectivity index (χ4v) is 1.65. The van der Waals surface area contributed by atoms with Gasteiger partial charge >= 0.3 is 0 Å². The molecule has 0 radical (unpaired) electrons. The summed E-state index contributed by atoms with van der Waals surface area (Å²) in [5.74, 6) is -0.344. The van der Waals surface area contributed by atoms with Crippen LogP contribution in [-0.2, 0) is 4.79 Å². The zero-order valence-electron chi connectivity index (χ0n) is 8.77. The van der Waals surface area contributed by atoms with E-state index < -0.39 is 0 Å². The van der Waals surface area contributed by atoms with Gasteiger partial charge in [0.2, 0.25) is 5.91 Å².